The van der Waals surface area contributed by atoms with Gasteiger partial charge in [0.15, 0.2) is 6.61 Å². The van der Waals surface area contributed by atoms with Crippen molar-refractivity contribution in [3.05, 3.63) is 89.1 Å². The van der Waals surface area contributed by atoms with Crippen LogP contribution < -0.4 is 15.4 Å². The molecule has 3 aromatic carbocycles. The lowest BCUT2D eigenvalue weighted by atomic mass is 10.1. The molecule has 0 aliphatic heterocycles. The Kier molecular flexibility index (Phi) is 6.97. The molecule has 0 radical (unpaired) electrons. The summed E-state index contributed by atoms with van der Waals surface area (Å²) in [5.41, 5.74) is 1.68. The third-order valence-electron chi connectivity index (χ3n) is 4.78. The molecule has 4 aromatic rings. The minimum Gasteiger partial charge on any atom is -0.484 e. The number of carbonyl (C=O) groups is 2. The van der Waals surface area contributed by atoms with E-state index >= 15 is 0 Å². The monoisotopic (exact) mass is 464 g/mol. The summed E-state index contributed by atoms with van der Waals surface area (Å²) in [5.74, 6) is -0.636. The zero-order valence-electron chi connectivity index (χ0n) is 17.8. The van der Waals surface area contributed by atoms with Crippen LogP contribution in [0, 0.1) is 5.82 Å². The van der Waals surface area contributed by atoms with E-state index in [1.807, 2.05) is 18.2 Å². The molecule has 0 unspecified atom stereocenters. The van der Waals surface area contributed by atoms with Crippen molar-refractivity contribution >= 4 is 44.6 Å². The normalized spacial score (nSPS) is 10.7. The smallest absolute Gasteiger partial charge is 0.266 e. The van der Waals surface area contributed by atoms with E-state index in [2.05, 4.69) is 10.6 Å². The molecule has 2 amide bonds. The Morgan fingerprint density at radius 1 is 0.939 bits per heavy atom. The van der Waals surface area contributed by atoms with Gasteiger partial charge in [0.1, 0.15) is 11.6 Å². The molecule has 0 aliphatic rings. The molecule has 0 bridgehead atoms. The largest absolute Gasteiger partial charge is 0.484 e. The highest BCUT2D eigenvalue weighted by Gasteiger charge is 2.21. The van der Waals surface area contributed by atoms with Crippen LogP contribution in [-0.2, 0) is 16.1 Å². The number of ether oxygens (including phenoxy) is 2. The van der Waals surface area contributed by atoms with E-state index in [0.29, 0.717) is 37.7 Å². The Morgan fingerprint density at radius 2 is 1.70 bits per heavy atom. The number of halogens is 1. The molecule has 0 saturated heterocycles. The quantitative estimate of drug-likeness (QED) is 0.363. The van der Waals surface area contributed by atoms with Crippen LogP contribution in [0.1, 0.15) is 15.2 Å². The second-order valence-electron chi connectivity index (χ2n) is 7.14. The van der Waals surface area contributed by atoms with Crippen molar-refractivity contribution in [1.82, 2.24) is 0 Å². The molecule has 0 spiro atoms. The molecule has 0 aliphatic carbocycles. The number of amides is 2. The predicted molar refractivity (Wildman–Crippen MR) is 127 cm³/mol. The number of para-hydroxylation sites is 1. The molecule has 33 heavy (non-hydrogen) atoms. The Labute approximate surface area is 194 Å². The van der Waals surface area contributed by atoms with Crippen molar-refractivity contribution in [3.63, 3.8) is 0 Å². The Bertz CT molecular complexity index is 1290. The highest BCUT2D eigenvalue weighted by molar-refractivity contribution is 7.21. The van der Waals surface area contributed by atoms with Crippen LogP contribution in [0.3, 0.4) is 0 Å². The zero-order valence-corrected chi connectivity index (χ0v) is 18.6. The first kappa shape index (κ1) is 22.4. The van der Waals surface area contributed by atoms with Crippen LogP contribution in [0.5, 0.6) is 5.75 Å². The molecule has 0 atom stereocenters. The molecular weight excluding hydrogens is 443 g/mol. The fourth-order valence-electron chi connectivity index (χ4n) is 3.35. The lowest BCUT2D eigenvalue weighted by molar-refractivity contribution is -0.118. The summed E-state index contributed by atoms with van der Waals surface area (Å²) >= 11 is 1.21. The number of rotatable bonds is 8. The number of hydrogen-bond donors (Lipinski definition) is 2. The summed E-state index contributed by atoms with van der Waals surface area (Å²) < 4.78 is 25.8. The molecular formula is C25H21FN2O4S. The van der Waals surface area contributed by atoms with Gasteiger partial charge in [0.05, 0.1) is 11.5 Å². The first-order chi connectivity index (χ1) is 16.0. The number of carbonyl (C=O) groups excluding carboxylic acids is 2. The highest BCUT2D eigenvalue weighted by Crippen LogP contribution is 2.34. The van der Waals surface area contributed by atoms with Crippen LogP contribution in [0.25, 0.3) is 10.1 Å². The van der Waals surface area contributed by atoms with Crippen molar-refractivity contribution in [2.45, 2.75) is 6.61 Å². The van der Waals surface area contributed by atoms with Gasteiger partial charge in [-0.15, -0.1) is 11.3 Å². The summed E-state index contributed by atoms with van der Waals surface area (Å²) in [4.78, 5) is 25.5. The van der Waals surface area contributed by atoms with Crippen LogP contribution in [0.2, 0.25) is 0 Å². The predicted octanol–water partition coefficient (Wildman–Crippen LogP) is 5.46. The molecule has 4 rings (SSSR count). The number of methoxy groups -OCH3 is 1. The van der Waals surface area contributed by atoms with E-state index < -0.39 is 0 Å². The minimum absolute atomic E-state index is 0.114. The lowest BCUT2D eigenvalue weighted by Gasteiger charge is -2.10. The molecule has 8 heteroatoms. The summed E-state index contributed by atoms with van der Waals surface area (Å²) in [7, 11) is 1.50. The van der Waals surface area contributed by atoms with Gasteiger partial charge in [-0.1, -0.05) is 30.3 Å². The first-order valence-corrected chi connectivity index (χ1v) is 10.9. The van der Waals surface area contributed by atoms with E-state index in [9.17, 15) is 14.0 Å². The van der Waals surface area contributed by atoms with Crippen molar-refractivity contribution in [1.29, 1.82) is 0 Å². The number of fused-ring (bicyclic) bond motifs is 1. The van der Waals surface area contributed by atoms with Gasteiger partial charge in [0.2, 0.25) is 0 Å². The summed E-state index contributed by atoms with van der Waals surface area (Å²) in [5, 5.41) is 5.96. The highest BCUT2D eigenvalue weighted by atomic mass is 32.1. The number of thiophene rings is 1. The van der Waals surface area contributed by atoms with E-state index in [-0.39, 0.29) is 30.8 Å². The maximum Gasteiger partial charge on any atom is 0.266 e. The van der Waals surface area contributed by atoms with Crippen LogP contribution in [-0.4, -0.2) is 25.5 Å². The molecule has 1 heterocycles. The van der Waals surface area contributed by atoms with Crippen LogP contribution in [0.15, 0.2) is 72.8 Å². The third-order valence-corrected chi connectivity index (χ3v) is 5.97. The minimum atomic E-state index is -0.390. The summed E-state index contributed by atoms with van der Waals surface area (Å²) in [6, 6.07) is 20.6. The molecule has 0 fully saturated rings. The van der Waals surface area contributed by atoms with E-state index in [4.69, 9.17) is 9.47 Å². The maximum atomic E-state index is 14.4. The number of benzene rings is 3. The van der Waals surface area contributed by atoms with Gasteiger partial charge in [0.25, 0.3) is 11.8 Å². The molecule has 2 N–H and O–H groups in total. The summed E-state index contributed by atoms with van der Waals surface area (Å²) in [6.07, 6.45) is 0. The second-order valence-corrected chi connectivity index (χ2v) is 8.19. The Morgan fingerprint density at radius 3 is 2.48 bits per heavy atom. The number of anilines is 2. The average Bonchev–Trinajstić information content (AvgIpc) is 3.19. The van der Waals surface area contributed by atoms with E-state index in [1.165, 1.54) is 24.5 Å². The standard InChI is InChI=1S/C25H21FN2O4S/c1-31-14-19-23-20(26)11-6-12-21(23)33-24(19)25(30)28-17-9-5-10-18(13-17)32-15-22(29)27-16-7-3-2-4-8-16/h2-13H,14-15H2,1H3,(H,27,29)(H,28,30). The second kappa shape index (κ2) is 10.2. The first-order valence-electron chi connectivity index (χ1n) is 10.1. The third kappa shape index (κ3) is 5.36. The van der Waals surface area contributed by atoms with E-state index in [0.717, 1.165) is 0 Å². The topological polar surface area (TPSA) is 76.7 Å². The van der Waals surface area contributed by atoms with Gasteiger partial charge in [0, 0.05) is 40.2 Å². The molecule has 6 nitrogen and oxygen atoms in total. The Balaban J connectivity index is 1.45. The van der Waals surface area contributed by atoms with Gasteiger partial charge in [-0.3, -0.25) is 9.59 Å². The van der Waals surface area contributed by atoms with Crippen molar-refractivity contribution < 1.29 is 23.5 Å². The summed E-state index contributed by atoms with van der Waals surface area (Å²) in [6.45, 7) is -0.0662. The van der Waals surface area contributed by atoms with Gasteiger partial charge < -0.3 is 20.1 Å². The average molecular weight is 465 g/mol. The van der Waals surface area contributed by atoms with Crippen LogP contribution >= 0.6 is 11.3 Å². The zero-order chi connectivity index (χ0) is 23.2. The molecule has 168 valence electrons. The van der Waals surface area contributed by atoms with Gasteiger partial charge in [-0.05, 0) is 36.4 Å². The van der Waals surface area contributed by atoms with Crippen LogP contribution in [0.4, 0.5) is 15.8 Å². The fourth-order valence-corrected chi connectivity index (χ4v) is 4.47. The number of hydrogen-bond acceptors (Lipinski definition) is 5. The lowest BCUT2D eigenvalue weighted by Crippen LogP contribution is -2.20. The van der Waals surface area contributed by atoms with Gasteiger partial charge in [-0.25, -0.2) is 4.39 Å². The van der Waals surface area contributed by atoms with Crippen molar-refractivity contribution in [2.24, 2.45) is 0 Å². The van der Waals surface area contributed by atoms with Crippen molar-refractivity contribution in [2.75, 3.05) is 24.4 Å². The van der Waals surface area contributed by atoms with Crippen molar-refractivity contribution in [3.8, 4) is 5.75 Å². The maximum absolute atomic E-state index is 14.4. The van der Waals surface area contributed by atoms with Gasteiger partial charge >= 0.3 is 0 Å². The molecule has 1 aromatic heterocycles. The fraction of sp³-hybridized carbons (Fsp3) is 0.120. The number of nitrogens with one attached hydrogen (secondary N) is 2. The SMILES string of the molecule is COCc1c(C(=O)Nc2cccc(OCC(=O)Nc3ccccc3)c2)sc2cccc(F)c12. The van der Waals surface area contributed by atoms with E-state index in [1.54, 1.807) is 48.5 Å². The molecule has 0 saturated carbocycles. The Hall–Kier alpha value is -3.75. The van der Waals surface area contributed by atoms with Gasteiger partial charge in [-0.2, -0.15) is 0 Å².